The largest absolute Gasteiger partial charge is 0.508 e. The summed E-state index contributed by atoms with van der Waals surface area (Å²) in [4.78, 5) is 51.1. The van der Waals surface area contributed by atoms with Crippen LogP contribution in [-0.4, -0.2) is 38.8 Å². The standard InChI is InChI=1S/C22H15Br2NO6/c23-8-1-4-15(26)12(5-8)17-9-2-3-10-18(22(30)25(31)21(10)29)11(9)6-13-19(17)16(27)7-14(24)20(13)28/h1-2,4-5,7,10-11,17-18,26,31H,3,6H2. The van der Waals surface area contributed by atoms with Gasteiger partial charge < -0.3 is 5.11 Å². The molecule has 1 fully saturated rings. The van der Waals surface area contributed by atoms with Crippen LogP contribution in [0.4, 0.5) is 0 Å². The fraction of sp³-hybridized carbons (Fsp3) is 0.273. The van der Waals surface area contributed by atoms with Crippen LogP contribution in [0.5, 0.6) is 5.75 Å². The molecule has 2 N–H and O–H groups in total. The molecule has 4 unspecified atom stereocenters. The third-order valence-corrected chi connectivity index (χ3v) is 7.69. The molecule has 3 aliphatic carbocycles. The highest BCUT2D eigenvalue weighted by Gasteiger charge is 2.56. The van der Waals surface area contributed by atoms with Gasteiger partial charge >= 0.3 is 0 Å². The molecule has 1 saturated heterocycles. The normalized spacial score (nSPS) is 30.1. The van der Waals surface area contributed by atoms with Crippen LogP contribution in [0.2, 0.25) is 0 Å². The highest BCUT2D eigenvalue weighted by atomic mass is 79.9. The molecule has 2 amide bonds. The van der Waals surface area contributed by atoms with Crippen LogP contribution in [0.25, 0.3) is 0 Å². The average Bonchev–Trinajstić information content (AvgIpc) is 2.96. The number of carbonyl (C=O) groups is 4. The van der Waals surface area contributed by atoms with Crippen molar-refractivity contribution in [2.24, 2.45) is 17.8 Å². The molecular weight excluding hydrogens is 534 g/mol. The maximum absolute atomic E-state index is 13.0. The van der Waals surface area contributed by atoms with E-state index >= 15 is 0 Å². The van der Waals surface area contributed by atoms with Gasteiger partial charge in [-0.05, 0) is 52.9 Å². The Morgan fingerprint density at radius 2 is 1.77 bits per heavy atom. The van der Waals surface area contributed by atoms with Gasteiger partial charge in [0.2, 0.25) is 0 Å². The number of fused-ring (bicyclic) bond motifs is 3. The predicted octanol–water partition coefficient (Wildman–Crippen LogP) is 3.31. The minimum atomic E-state index is -0.823. The fourth-order valence-corrected chi connectivity index (χ4v) is 6.13. The highest BCUT2D eigenvalue weighted by Crippen LogP contribution is 2.56. The number of halogens is 2. The molecule has 0 bridgehead atoms. The lowest BCUT2D eigenvalue weighted by atomic mass is 9.59. The van der Waals surface area contributed by atoms with E-state index in [1.165, 1.54) is 12.1 Å². The number of imide groups is 1. The minimum Gasteiger partial charge on any atom is -0.508 e. The lowest BCUT2D eigenvalue weighted by Gasteiger charge is -2.42. The SMILES string of the molecule is O=C1C=C(Br)C(=O)C2=C1C(c1cc(Br)ccc1O)C1=CCC3C(=O)N(O)C(=O)C3C1C2. The molecule has 4 aliphatic rings. The van der Waals surface area contributed by atoms with Crippen LogP contribution in [0.1, 0.15) is 24.3 Å². The first-order valence-electron chi connectivity index (χ1n) is 9.65. The number of phenols is 1. The van der Waals surface area contributed by atoms with Crippen LogP contribution in [0.15, 0.2) is 56.0 Å². The molecule has 4 atom stereocenters. The summed E-state index contributed by atoms with van der Waals surface area (Å²) in [6.45, 7) is 0. The number of rotatable bonds is 1. The molecule has 5 rings (SSSR count). The van der Waals surface area contributed by atoms with Crippen LogP contribution in [0, 0.1) is 17.8 Å². The maximum atomic E-state index is 13.0. The van der Waals surface area contributed by atoms with Crippen molar-refractivity contribution in [2.45, 2.75) is 18.8 Å². The first-order chi connectivity index (χ1) is 14.7. The van der Waals surface area contributed by atoms with Gasteiger partial charge in [0, 0.05) is 33.2 Å². The molecule has 9 heteroatoms. The number of aromatic hydroxyl groups is 1. The Bertz CT molecular complexity index is 1200. The number of carbonyl (C=O) groups excluding carboxylic acids is 4. The van der Waals surface area contributed by atoms with Crippen LogP contribution < -0.4 is 0 Å². The molecule has 0 radical (unpaired) electrons. The van der Waals surface area contributed by atoms with E-state index in [0.717, 1.165) is 0 Å². The predicted molar refractivity (Wildman–Crippen MR) is 114 cm³/mol. The number of hydrogen-bond acceptors (Lipinski definition) is 6. The van der Waals surface area contributed by atoms with E-state index in [9.17, 15) is 29.5 Å². The van der Waals surface area contributed by atoms with Gasteiger partial charge in [0.05, 0.1) is 16.3 Å². The van der Waals surface area contributed by atoms with E-state index < -0.39 is 35.5 Å². The number of Topliss-reactive ketones (excluding diaryl/α,β-unsaturated/α-hetero) is 1. The second-order valence-electron chi connectivity index (χ2n) is 8.09. The molecule has 1 aliphatic heterocycles. The van der Waals surface area contributed by atoms with E-state index in [-0.39, 0.29) is 50.8 Å². The summed E-state index contributed by atoms with van der Waals surface area (Å²) in [6, 6.07) is 4.84. The molecule has 1 aromatic rings. The Hall–Kier alpha value is -2.36. The molecule has 1 aromatic carbocycles. The third kappa shape index (κ3) is 2.86. The molecule has 31 heavy (non-hydrogen) atoms. The van der Waals surface area contributed by atoms with Gasteiger partial charge in [-0.3, -0.25) is 24.4 Å². The summed E-state index contributed by atoms with van der Waals surface area (Å²) in [5, 5.41) is 20.7. The smallest absolute Gasteiger partial charge is 0.257 e. The van der Waals surface area contributed by atoms with E-state index in [4.69, 9.17) is 0 Å². The molecule has 0 aromatic heterocycles. The number of ketones is 2. The van der Waals surface area contributed by atoms with E-state index in [1.807, 2.05) is 6.08 Å². The van der Waals surface area contributed by atoms with Gasteiger partial charge in [-0.1, -0.05) is 27.6 Å². The van der Waals surface area contributed by atoms with Gasteiger partial charge in [0.1, 0.15) is 5.75 Å². The second-order valence-corrected chi connectivity index (χ2v) is 9.86. The lowest BCUT2D eigenvalue weighted by Crippen LogP contribution is -2.39. The molecule has 7 nitrogen and oxygen atoms in total. The summed E-state index contributed by atoms with van der Waals surface area (Å²) >= 11 is 6.54. The summed E-state index contributed by atoms with van der Waals surface area (Å²) in [5.41, 5.74) is 1.68. The van der Waals surface area contributed by atoms with Crippen LogP contribution >= 0.6 is 31.9 Å². The first kappa shape index (κ1) is 20.5. The zero-order valence-corrected chi connectivity index (χ0v) is 19.0. The van der Waals surface area contributed by atoms with Crippen molar-refractivity contribution >= 4 is 55.2 Å². The van der Waals surface area contributed by atoms with Gasteiger partial charge in [0.25, 0.3) is 11.8 Å². The molecule has 0 saturated carbocycles. The zero-order valence-electron chi connectivity index (χ0n) is 15.8. The summed E-state index contributed by atoms with van der Waals surface area (Å²) < 4.78 is 0.810. The quantitative estimate of drug-likeness (QED) is 0.241. The second kappa shape index (κ2) is 7.08. The topological polar surface area (TPSA) is 112 Å². The number of phenolic OH excluding ortho intramolecular Hbond substituents is 1. The summed E-state index contributed by atoms with van der Waals surface area (Å²) in [7, 11) is 0. The number of hydrogen-bond donors (Lipinski definition) is 2. The van der Waals surface area contributed by atoms with Crippen LogP contribution in [0.3, 0.4) is 0 Å². The van der Waals surface area contributed by atoms with Crippen molar-refractivity contribution in [3.8, 4) is 5.75 Å². The Balaban J connectivity index is 1.75. The van der Waals surface area contributed by atoms with E-state index in [1.54, 1.807) is 12.1 Å². The lowest BCUT2D eigenvalue weighted by molar-refractivity contribution is -0.173. The fourth-order valence-electron chi connectivity index (χ4n) is 5.30. The van der Waals surface area contributed by atoms with E-state index in [0.29, 0.717) is 15.6 Å². The molecule has 158 valence electrons. The van der Waals surface area contributed by atoms with E-state index in [2.05, 4.69) is 31.9 Å². The van der Waals surface area contributed by atoms with Crippen molar-refractivity contribution in [2.75, 3.05) is 0 Å². The Morgan fingerprint density at radius 3 is 2.52 bits per heavy atom. The maximum Gasteiger partial charge on any atom is 0.257 e. The van der Waals surface area contributed by atoms with Gasteiger partial charge in [-0.2, -0.15) is 5.06 Å². The first-order valence-corrected chi connectivity index (χ1v) is 11.2. The summed E-state index contributed by atoms with van der Waals surface area (Å²) in [6.07, 6.45) is 3.38. The summed E-state index contributed by atoms with van der Waals surface area (Å²) in [5.74, 6) is -4.92. The number of amides is 2. The number of hydroxylamine groups is 2. The van der Waals surface area contributed by atoms with Crippen molar-refractivity contribution in [3.05, 3.63) is 61.6 Å². The molecule has 1 heterocycles. The van der Waals surface area contributed by atoms with Gasteiger partial charge in [-0.15, -0.1) is 0 Å². The minimum absolute atomic E-state index is 0.0461. The van der Waals surface area contributed by atoms with Crippen LogP contribution in [-0.2, 0) is 19.2 Å². The van der Waals surface area contributed by atoms with Crippen molar-refractivity contribution in [1.82, 2.24) is 5.06 Å². The van der Waals surface area contributed by atoms with Gasteiger partial charge in [-0.25, -0.2) is 0 Å². The van der Waals surface area contributed by atoms with Gasteiger partial charge in [0.15, 0.2) is 11.6 Å². The number of nitrogens with zero attached hydrogens (tertiary/aromatic N) is 1. The monoisotopic (exact) mass is 547 g/mol. The third-order valence-electron chi connectivity index (χ3n) is 6.61. The number of allylic oxidation sites excluding steroid dienone is 6. The van der Waals surface area contributed by atoms with Crippen molar-refractivity contribution in [1.29, 1.82) is 0 Å². The van der Waals surface area contributed by atoms with Crippen molar-refractivity contribution in [3.63, 3.8) is 0 Å². The Morgan fingerprint density at radius 1 is 1.03 bits per heavy atom. The number of benzene rings is 1. The Labute approximate surface area is 193 Å². The molecular formula is C22H15Br2NO6. The Kier molecular flexibility index (Phi) is 4.69. The van der Waals surface area contributed by atoms with Crippen molar-refractivity contribution < 1.29 is 29.5 Å². The zero-order chi connectivity index (χ0) is 22.2. The average molecular weight is 549 g/mol. The highest BCUT2D eigenvalue weighted by molar-refractivity contribution is 9.12. The molecule has 0 spiro atoms.